The first-order valence-corrected chi connectivity index (χ1v) is 11.7. The lowest BCUT2D eigenvalue weighted by atomic mass is 10.1. The van der Waals surface area contributed by atoms with Gasteiger partial charge in [0, 0.05) is 25.6 Å². The molecule has 0 aliphatic carbocycles. The third kappa shape index (κ3) is 6.32. The zero-order chi connectivity index (χ0) is 24.6. The number of carboxylic acids is 1. The normalized spacial score (nSPS) is 10.9. The molecule has 0 saturated carbocycles. The second kappa shape index (κ2) is 11.4. The van der Waals surface area contributed by atoms with Gasteiger partial charge in [-0.05, 0) is 48.6 Å². The molecule has 1 N–H and O–H groups in total. The quantitative estimate of drug-likeness (QED) is 0.285. The molecule has 0 atom stereocenters. The lowest BCUT2D eigenvalue weighted by Crippen LogP contribution is -2.06. The van der Waals surface area contributed by atoms with E-state index in [1.54, 1.807) is 7.11 Å². The average Bonchev–Trinajstić information content (AvgIpc) is 3.19. The molecule has 35 heavy (non-hydrogen) atoms. The highest BCUT2D eigenvalue weighted by Gasteiger charge is 2.12. The molecule has 3 aromatic carbocycles. The first-order chi connectivity index (χ1) is 17.0. The summed E-state index contributed by atoms with van der Waals surface area (Å²) < 4.78 is 19.4. The highest BCUT2D eigenvalue weighted by Crippen LogP contribution is 2.28. The van der Waals surface area contributed by atoms with Crippen molar-refractivity contribution in [1.29, 1.82) is 0 Å². The van der Waals surface area contributed by atoms with Crippen molar-refractivity contribution in [3.63, 3.8) is 0 Å². The van der Waals surface area contributed by atoms with Gasteiger partial charge in [-0.25, -0.2) is 4.98 Å². The number of benzene rings is 3. The number of hydrogen-bond donors (Lipinski definition) is 1. The Morgan fingerprint density at radius 3 is 2.54 bits per heavy atom. The van der Waals surface area contributed by atoms with Crippen molar-refractivity contribution < 1.29 is 24.1 Å². The molecule has 0 fully saturated rings. The number of rotatable bonds is 12. The summed E-state index contributed by atoms with van der Waals surface area (Å²) in [4.78, 5) is 15.8. The number of nitrogens with zero attached hydrogens (tertiary/aromatic N) is 2. The fraction of sp³-hybridized carbons (Fsp3) is 0.286. The number of fused-ring (bicyclic) bond motifs is 1. The lowest BCUT2D eigenvalue weighted by molar-refractivity contribution is -0.136. The topological polar surface area (TPSA) is 82.8 Å². The number of ether oxygens (including phenoxy) is 3. The van der Waals surface area contributed by atoms with E-state index in [0.717, 1.165) is 41.0 Å². The summed E-state index contributed by atoms with van der Waals surface area (Å²) in [6.45, 7) is 0.820. The highest BCUT2D eigenvalue weighted by atomic mass is 16.5. The van der Waals surface area contributed by atoms with E-state index in [-0.39, 0.29) is 13.0 Å². The van der Waals surface area contributed by atoms with E-state index in [0.29, 0.717) is 24.5 Å². The number of aliphatic carboxylic acids is 1. The average molecular weight is 475 g/mol. The summed E-state index contributed by atoms with van der Waals surface area (Å²) in [5.41, 5.74) is 3.96. The molecule has 1 heterocycles. The third-order valence-electron chi connectivity index (χ3n) is 5.91. The van der Waals surface area contributed by atoms with Gasteiger partial charge in [-0.3, -0.25) is 4.79 Å². The largest absolute Gasteiger partial charge is 0.497 e. The zero-order valence-corrected chi connectivity index (χ0v) is 20.1. The van der Waals surface area contributed by atoms with Crippen LogP contribution in [0.25, 0.3) is 11.0 Å². The van der Waals surface area contributed by atoms with Crippen LogP contribution in [0.15, 0.2) is 66.7 Å². The Kier molecular flexibility index (Phi) is 7.88. The summed E-state index contributed by atoms with van der Waals surface area (Å²) >= 11 is 0. The molecule has 0 amide bonds. The van der Waals surface area contributed by atoms with Gasteiger partial charge in [-0.15, -0.1) is 0 Å². The van der Waals surface area contributed by atoms with E-state index in [1.807, 2.05) is 66.2 Å². The van der Waals surface area contributed by atoms with Crippen molar-refractivity contribution in [1.82, 2.24) is 9.55 Å². The van der Waals surface area contributed by atoms with Crippen LogP contribution >= 0.6 is 0 Å². The maximum Gasteiger partial charge on any atom is 0.303 e. The van der Waals surface area contributed by atoms with Crippen LogP contribution in [0, 0.1) is 0 Å². The number of hydrogen-bond acceptors (Lipinski definition) is 5. The summed E-state index contributed by atoms with van der Waals surface area (Å²) in [7, 11) is 3.59. The molecule has 4 aromatic rings. The fourth-order valence-corrected chi connectivity index (χ4v) is 3.93. The maximum absolute atomic E-state index is 11.1. The predicted molar refractivity (Wildman–Crippen MR) is 134 cm³/mol. The fourth-order valence-electron chi connectivity index (χ4n) is 3.93. The van der Waals surface area contributed by atoms with Gasteiger partial charge in [0.25, 0.3) is 0 Å². The van der Waals surface area contributed by atoms with Gasteiger partial charge in [0.05, 0.1) is 24.8 Å². The van der Waals surface area contributed by atoms with Crippen LogP contribution in [0.1, 0.15) is 29.8 Å². The van der Waals surface area contributed by atoms with Crippen molar-refractivity contribution in [2.45, 2.75) is 32.3 Å². The zero-order valence-electron chi connectivity index (χ0n) is 20.1. The molecule has 0 unspecified atom stereocenters. The third-order valence-corrected chi connectivity index (χ3v) is 5.91. The molecular weight excluding hydrogens is 444 g/mol. The Morgan fingerprint density at radius 2 is 1.77 bits per heavy atom. The van der Waals surface area contributed by atoms with Gasteiger partial charge in [0.2, 0.25) is 0 Å². The molecule has 0 saturated heterocycles. The molecule has 0 bridgehead atoms. The first kappa shape index (κ1) is 24.1. The van der Waals surface area contributed by atoms with Gasteiger partial charge in [0.1, 0.15) is 29.7 Å². The molecule has 0 aliphatic heterocycles. The predicted octanol–water partition coefficient (Wildman–Crippen LogP) is 5.19. The van der Waals surface area contributed by atoms with Crippen molar-refractivity contribution >= 4 is 17.0 Å². The molecule has 1 aromatic heterocycles. The van der Waals surface area contributed by atoms with E-state index < -0.39 is 5.97 Å². The second-order valence-corrected chi connectivity index (χ2v) is 8.33. The second-order valence-electron chi connectivity index (χ2n) is 8.33. The Balaban J connectivity index is 1.43. The number of methoxy groups -OCH3 is 1. The highest BCUT2D eigenvalue weighted by molar-refractivity contribution is 5.77. The lowest BCUT2D eigenvalue weighted by Gasteiger charge is -2.14. The van der Waals surface area contributed by atoms with Gasteiger partial charge in [0.15, 0.2) is 0 Å². The summed E-state index contributed by atoms with van der Waals surface area (Å²) in [5, 5.41) is 9.11. The number of aromatic nitrogens is 2. The first-order valence-electron chi connectivity index (χ1n) is 11.7. The van der Waals surface area contributed by atoms with Crippen LogP contribution in [0.2, 0.25) is 0 Å². The van der Waals surface area contributed by atoms with E-state index in [2.05, 4.69) is 17.1 Å². The van der Waals surface area contributed by atoms with Crippen LogP contribution in [-0.4, -0.2) is 34.3 Å². The van der Waals surface area contributed by atoms with Crippen molar-refractivity contribution in [2.24, 2.45) is 7.05 Å². The Hall–Kier alpha value is -4.00. The molecule has 0 aliphatic rings. The van der Waals surface area contributed by atoms with Gasteiger partial charge in [-0.2, -0.15) is 0 Å². The number of aryl methyl sites for hydroxylation is 3. The standard InChI is InChI=1S/C28H30N2O5/c1-30-25-17-22(33-2)13-14-24(25)29-27(30)19-35-23-12-10-21(11-15-28(31)32)26(18-23)34-16-6-9-20-7-4-3-5-8-20/h3-5,7-8,10,12-14,17-18H,6,9,11,15-16,19H2,1-2H3,(H,31,32). The minimum Gasteiger partial charge on any atom is -0.497 e. The molecule has 182 valence electrons. The number of imidazole rings is 1. The van der Waals surface area contributed by atoms with E-state index >= 15 is 0 Å². The summed E-state index contributed by atoms with van der Waals surface area (Å²) in [5.74, 6) is 2.03. The molecular formula is C28H30N2O5. The van der Waals surface area contributed by atoms with E-state index in [4.69, 9.17) is 19.3 Å². The maximum atomic E-state index is 11.1. The molecule has 0 radical (unpaired) electrons. The van der Waals surface area contributed by atoms with Crippen molar-refractivity contribution in [3.8, 4) is 17.2 Å². The van der Waals surface area contributed by atoms with Crippen LogP contribution in [0.5, 0.6) is 17.2 Å². The van der Waals surface area contributed by atoms with Crippen LogP contribution < -0.4 is 14.2 Å². The Bertz CT molecular complexity index is 1280. The smallest absolute Gasteiger partial charge is 0.303 e. The SMILES string of the molecule is COc1ccc2nc(COc3ccc(CCC(=O)O)c(OCCCc4ccccc4)c3)n(C)c2c1. The molecule has 0 spiro atoms. The van der Waals surface area contributed by atoms with Gasteiger partial charge >= 0.3 is 5.97 Å². The summed E-state index contributed by atoms with van der Waals surface area (Å²) in [6, 6.07) is 21.6. The minimum atomic E-state index is -0.834. The number of carbonyl (C=O) groups is 1. The van der Waals surface area contributed by atoms with E-state index in [1.165, 1.54) is 5.56 Å². The van der Waals surface area contributed by atoms with Gasteiger partial charge in [-0.1, -0.05) is 36.4 Å². The Labute approximate surface area is 204 Å². The van der Waals surface area contributed by atoms with Gasteiger partial charge < -0.3 is 23.9 Å². The Morgan fingerprint density at radius 1 is 0.971 bits per heavy atom. The number of carboxylic acid groups (broad SMARTS) is 1. The van der Waals surface area contributed by atoms with E-state index in [9.17, 15) is 4.79 Å². The van der Waals surface area contributed by atoms with Crippen LogP contribution in [0.3, 0.4) is 0 Å². The monoisotopic (exact) mass is 474 g/mol. The van der Waals surface area contributed by atoms with Crippen LogP contribution in [0.4, 0.5) is 0 Å². The molecule has 4 rings (SSSR count). The van der Waals surface area contributed by atoms with Crippen LogP contribution in [-0.2, 0) is 31.3 Å². The minimum absolute atomic E-state index is 0.0455. The van der Waals surface area contributed by atoms with Crippen molar-refractivity contribution in [2.75, 3.05) is 13.7 Å². The molecule has 7 nitrogen and oxygen atoms in total. The molecule has 7 heteroatoms. The van der Waals surface area contributed by atoms with Crippen molar-refractivity contribution in [3.05, 3.63) is 83.7 Å². The summed E-state index contributed by atoms with van der Waals surface area (Å²) in [6.07, 6.45) is 2.22.